The minimum Gasteiger partial charge on any atom is -0.493 e. The van der Waals surface area contributed by atoms with Gasteiger partial charge in [-0.25, -0.2) is 0 Å². The van der Waals surface area contributed by atoms with Crippen LogP contribution < -0.4 is 10.1 Å². The first-order valence-corrected chi connectivity index (χ1v) is 7.98. The molecule has 1 fully saturated rings. The van der Waals surface area contributed by atoms with Crippen molar-refractivity contribution >= 4 is 5.69 Å². The van der Waals surface area contributed by atoms with Crippen molar-refractivity contribution in [2.24, 2.45) is 0 Å². The predicted octanol–water partition coefficient (Wildman–Crippen LogP) is 3.30. The Balaban J connectivity index is 1.60. The average molecular weight is 274 g/mol. The van der Waals surface area contributed by atoms with E-state index < -0.39 is 0 Å². The van der Waals surface area contributed by atoms with E-state index in [1.54, 1.807) is 0 Å². The van der Waals surface area contributed by atoms with Gasteiger partial charge in [-0.3, -0.25) is 0 Å². The van der Waals surface area contributed by atoms with Gasteiger partial charge in [-0.2, -0.15) is 0 Å². The highest BCUT2D eigenvalue weighted by atomic mass is 16.5. The van der Waals surface area contributed by atoms with E-state index in [4.69, 9.17) is 4.74 Å². The summed E-state index contributed by atoms with van der Waals surface area (Å²) in [6, 6.07) is 7.83. The molecule has 0 aliphatic carbocycles. The third-order valence-corrected chi connectivity index (χ3v) is 4.55. The molecule has 1 aromatic rings. The number of likely N-dealkylation sites (tertiary alicyclic amines) is 1. The van der Waals surface area contributed by atoms with Crippen LogP contribution in [-0.2, 0) is 6.42 Å². The lowest BCUT2D eigenvalue weighted by Crippen LogP contribution is -2.32. The average Bonchev–Trinajstić information content (AvgIpc) is 2.76. The quantitative estimate of drug-likeness (QED) is 0.915. The van der Waals surface area contributed by atoms with E-state index in [0.717, 1.165) is 18.8 Å². The molecule has 1 saturated heterocycles. The van der Waals surface area contributed by atoms with Crippen LogP contribution in [-0.4, -0.2) is 36.7 Å². The summed E-state index contributed by atoms with van der Waals surface area (Å²) in [5.74, 6) is 1.07. The molecule has 3 nitrogen and oxygen atoms in total. The van der Waals surface area contributed by atoms with Crippen LogP contribution in [0.25, 0.3) is 0 Å². The van der Waals surface area contributed by atoms with Gasteiger partial charge in [0.2, 0.25) is 0 Å². The summed E-state index contributed by atoms with van der Waals surface area (Å²) in [7, 11) is 0. The van der Waals surface area contributed by atoms with E-state index in [0.29, 0.717) is 12.1 Å². The minimum atomic E-state index is 0.610. The van der Waals surface area contributed by atoms with Crippen LogP contribution in [0.15, 0.2) is 18.2 Å². The molecule has 0 radical (unpaired) electrons. The molecule has 2 aliphatic rings. The second kappa shape index (κ2) is 6.04. The van der Waals surface area contributed by atoms with Gasteiger partial charge in [-0.05, 0) is 63.4 Å². The standard InChI is InChI=1S/C17H26N2O/c1-13(2)19-9-3-4-15(7-10-19)18-16-5-6-17-14(12-16)8-11-20-17/h5-6,12-13,15,18H,3-4,7-11H2,1-2H3. The molecule has 1 N–H and O–H groups in total. The van der Waals surface area contributed by atoms with Crippen molar-refractivity contribution in [3.8, 4) is 5.75 Å². The van der Waals surface area contributed by atoms with Crippen molar-refractivity contribution < 1.29 is 4.74 Å². The van der Waals surface area contributed by atoms with Crippen LogP contribution in [0.4, 0.5) is 5.69 Å². The van der Waals surface area contributed by atoms with E-state index in [1.165, 1.54) is 43.6 Å². The van der Waals surface area contributed by atoms with Crippen LogP contribution in [0.2, 0.25) is 0 Å². The smallest absolute Gasteiger partial charge is 0.122 e. The normalized spacial score (nSPS) is 23.2. The molecule has 1 atom stereocenters. The molecule has 0 saturated carbocycles. The highest BCUT2D eigenvalue weighted by Crippen LogP contribution is 2.28. The zero-order valence-electron chi connectivity index (χ0n) is 12.7. The van der Waals surface area contributed by atoms with E-state index in [9.17, 15) is 0 Å². The molecule has 2 aliphatic heterocycles. The zero-order valence-corrected chi connectivity index (χ0v) is 12.7. The maximum Gasteiger partial charge on any atom is 0.122 e. The zero-order chi connectivity index (χ0) is 13.9. The minimum absolute atomic E-state index is 0.610. The van der Waals surface area contributed by atoms with Gasteiger partial charge in [0.1, 0.15) is 5.75 Å². The van der Waals surface area contributed by atoms with Crippen LogP contribution in [0.1, 0.15) is 38.7 Å². The van der Waals surface area contributed by atoms with Gasteiger partial charge >= 0.3 is 0 Å². The second-order valence-electron chi connectivity index (χ2n) is 6.32. The number of hydrogen-bond acceptors (Lipinski definition) is 3. The Bertz CT molecular complexity index is 458. The van der Waals surface area contributed by atoms with Crippen LogP contribution in [0, 0.1) is 0 Å². The predicted molar refractivity (Wildman–Crippen MR) is 83.6 cm³/mol. The van der Waals surface area contributed by atoms with Crippen molar-refractivity contribution in [1.82, 2.24) is 4.90 Å². The molecule has 0 bridgehead atoms. The molecule has 3 heteroatoms. The Morgan fingerprint density at radius 2 is 2.15 bits per heavy atom. The highest BCUT2D eigenvalue weighted by molar-refractivity contribution is 5.52. The number of fused-ring (bicyclic) bond motifs is 1. The fourth-order valence-corrected chi connectivity index (χ4v) is 3.29. The summed E-state index contributed by atoms with van der Waals surface area (Å²) in [4.78, 5) is 2.60. The first-order chi connectivity index (χ1) is 9.72. The van der Waals surface area contributed by atoms with Crippen LogP contribution in [0.3, 0.4) is 0 Å². The van der Waals surface area contributed by atoms with Crippen molar-refractivity contribution in [2.75, 3.05) is 25.0 Å². The SMILES string of the molecule is CC(C)N1CCCC(Nc2ccc3c(c2)CCO3)CC1. The highest BCUT2D eigenvalue weighted by Gasteiger charge is 2.19. The van der Waals surface area contributed by atoms with Crippen LogP contribution >= 0.6 is 0 Å². The summed E-state index contributed by atoms with van der Waals surface area (Å²) in [5, 5.41) is 3.73. The lowest BCUT2D eigenvalue weighted by molar-refractivity contribution is 0.230. The first kappa shape index (κ1) is 13.7. The number of benzene rings is 1. The molecule has 110 valence electrons. The van der Waals surface area contributed by atoms with Crippen LogP contribution in [0.5, 0.6) is 5.75 Å². The number of rotatable bonds is 3. The van der Waals surface area contributed by atoms with Crippen molar-refractivity contribution in [3.63, 3.8) is 0 Å². The van der Waals surface area contributed by atoms with Gasteiger partial charge in [-0.1, -0.05) is 0 Å². The Morgan fingerprint density at radius 3 is 3.00 bits per heavy atom. The van der Waals surface area contributed by atoms with Crippen molar-refractivity contribution in [3.05, 3.63) is 23.8 Å². The van der Waals surface area contributed by atoms with Gasteiger partial charge in [0.25, 0.3) is 0 Å². The lowest BCUT2D eigenvalue weighted by Gasteiger charge is -2.24. The Labute approximate surface area is 122 Å². The fraction of sp³-hybridized carbons (Fsp3) is 0.647. The van der Waals surface area contributed by atoms with Gasteiger partial charge in [0, 0.05) is 30.7 Å². The number of nitrogens with zero attached hydrogens (tertiary/aromatic N) is 1. The van der Waals surface area contributed by atoms with E-state index in [2.05, 4.69) is 42.3 Å². The molecule has 20 heavy (non-hydrogen) atoms. The second-order valence-corrected chi connectivity index (χ2v) is 6.32. The third kappa shape index (κ3) is 3.09. The Hall–Kier alpha value is -1.22. The summed E-state index contributed by atoms with van der Waals surface area (Å²) in [6.07, 6.45) is 4.86. The van der Waals surface area contributed by atoms with Gasteiger partial charge in [-0.15, -0.1) is 0 Å². The summed E-state index contributed by atoms with van der Waals surface area (Å²) < 4.78 is 5.57. The molecule has 0 amide bonds. The first-order valence-electron chi connectivity index (χ1n) is 7.98. The van der Waals surface area contributed by atoms with Crippen molar-refractivity contribution in [2.45, 2.75) is 51.6 Å². The molecule has 1 unspecified atom stereocenters. The maximum atomic E-state index is 5.57. The molecule has 0 spiro atoms. The van der Waals surface area contributed by atoms with E-state index in [-0.39, 0.29) is 0 Å². The molecule has 2 heterocycles. The monoisotopic (exact) mass is 274 g/mol. The topological polar surface area (TPSA) is 24.5 Å². The Morgan fingerprint density at radius 1 is 1.25 bits per heavy atom. The molecule has 3 rings (SSSR count). The molecular weight excluding hydrogens is 248 g/mol. The molecule has 1 aromatic carbocycles. The Kier molecular flexibility index (Phi) is 4.16. The van der Waals surface area contributed by atoms with E-state index in [1.807, 2.05) is 0 Å². The van der Waals surface area contributed by atoms with Gasteiger partial charge in [0.15, 0.2) is 0 Å². The number of nitrogens with one attached hydrogen (secondary N) is 1. The lowest BCUT2D eigenvalue weighted by atomic mass is 10.1. The van der Waals surface area contributed by atoms with E-state index >= 15 is 0 Å². The largest absolute Gasteiger partial charge is 0.493 e. The number of ether oxygens (including phenoxy) is 1. The summed E-state index contributed by atoms with van der Waals surface area (Å²) in [5.41, 5.74) is 2.62. The summed E-state index contributed by atoms with van der Waals surface area (Å²) in [6.45, 7) is 7.89. The third-order valence-electron chi connectivity index (χ3n) is 4.55. The number of anilines is 1. The maximum absolute atomic E-state index is 5.57. The van der Waals surface area contributed by atoms with Crippen molar-refractivity contribution in [1.29, 1.82) is 0 Å². The molecule has 0 aromatic heterocycles. The van der Waals surface area contributed by atoms with Gasteiger partial charge in [0.05, 0.1) is 6.61 Å². The van der Waals surface area contributed by atoms with Gasteiger partial charge < -0.3 is 15.0 Å². The summed E-state index contributed by atoms with van der Waals surface area (Å²) >= 11 is 0. The number of hydrogen-bond donors (Lipinski definition) is 1. The molecular formula is C17H26N2O. The fourth-order valence-electron chi connectivity index (χ4n) is 3.29.